The molecule has 0 aliphatic carbocycles. The van der Waals surface area contributed by atoms with E-state index in [4.69, 9.17) is 0 Å². The molecule has 1 aromatic heterocycles. The summed E-state index contributed by atoms with van der Waals surface area (Å²) in [7, 11) is 1.80. The number of nitrogens with zero attached hydrogens (tertiary/aromatic N) is 4. The van der Waals surface area contributed by atoms with Crippen LogP contribution in [0.15, 0.2) is 60.7 Å². The van der Waals surface area contributed by atoms with Gasteiger partial charge in [-0.15, -0.1) is 5.10 Å². The molecule has 0 spiro atoms. The predicted molar refractivity (Wildman–Crippen MR) is 126 cm³/mol. The van der Waals surface area contributed by atoms with Gasteiger partial charge in [0.05, 0.1) is 5.52 Å². The SMILES string of the molecule is Cn1nnc2c(C(O)O)cc(-c3ccc(-c4cccc(CN5CCCCC5)c4)cc3)cc21. The van der Waals surface area contributed by atoms with Crippen molar-refractivity contribution in [2.75, 3.05) is 13.1 Å². The maximum atomic E-state index is 9.81. The van der Waals surface area contributed by atoms with Crippen LogP contribution in [0.2, 0.25) is 0 Å². The van der Waals surface area contributed by atoms with Gasteiger partial charge in [-0.25, -0.2) is 4.68 Å². The Morgan fingerprint density at radius 2 is 1.56 bits per heavy atom. The van der Waals surface area contributed by atoms with Crippen LogP contribution in [0.1, 0.15) is 36.7 Å². The maximum Gasteiger partial charge on any atom is 0.180 e. The average Bonchev–Trinajstić information content (AvgIpc) is 3.20. The highest BCUT2D eigenvalue weighted by Crippen LogP contribution is 2.31. The van der Waals surface area contributed by atoms with Crippen LogP contribution < -0.4 is 0 Å². The number of aromatic nitrogens is 3. The van der Waals surface area contributed by atoms with E-state index in [2.05, 4.69) is 63.7 Å². The lowest BCUT2D eigenvalue weighted by Crippen LogP contribution is -2.29. The quantitative estimate of drug-likeness (QED) is 0.465. The zero-order chi connectivity index (χ0) is 22.1. The highest BCUT2D eigenvalue weighted by atomic mass is 16.5. The molecule has 0 amide bonds. The first kappa shape index (κ1) is 20.8. The summed E-state index contributed by atoms with van der Waals surface area (Å²) in [5.41, 5.74) is 7.26. The predicted octanol–water partition coefficient (Wildman–Crippen LogP) is 4.27. The fraction of sp³-hybridized carbons (Fsp3) is 0.308. The number of aryl methyl sites for hydroxylation is 1. The van der Waals surface area contributed by atoms with Gasteiger partial charge in [-0.2, -0.15) is 0 Å². The van der Waals surface area contributed by atoms with E-state index in [1.54, 1.807) is 17.8 Å². The molecule has 2 N–H and O–H groups in total. The molecule has 0 atom stereocenters. The zero-order valence-electron chi connectivity index (χ0n) is 18.3. The van der Waals surface area contributed by atoms with Crippen molar-refractivity contribution < 1.29 is 10.2 Å². The molecule has 0 radical (unpaired) electrons. The summed E-state index contributed by atoms with van der Waals surface area (Å²) in [4.78, 5) is 2.54. The van der Waals surface area contributed by atoms with Crippen LogP contribution in [-0.2, 0) is 13.6 Å². The van der Waals surface area contributed by atoms with E-state index >= 15 is 0 Å². The smallest absolute Gasteiger partial charge is 0.180 e. The Morgan fingerprint density at radius 3 is 2.28 bits per heavy atom. The minimum absolute atomic E-state index is 0.361. The summed E-state index contributed by atoms with van der Waals surface area (Å²) in [6.45, 7) is 3.40. The summed E-state index contributed by atoms with van der Waals surface area (Å²) < 4.78 is 1.65. The normalized spacial score (nSPS) is 15.0. The minimum atomic E-state index is -1.60. The van der Waals surface area contributed by atoms with Crippen LogP contribution in [0, 0.1) is 0 Å². The lowest BCUT2D eigenvalue weighted by molar-refractivity contribution is -0.0414. The molecule has 6 nitrogen and oxygen atoms in total. The third-order valence-corrected chi connectivity index (χ3v) is 6.36. The van der Waals surface area contributed by atoms with Gasteiger partial charge in [0.2, 0.25) is 0 Å². The Labute approximate surface area is 187 Å². The number of rotatable bonds is 5. The van der Waals surface area contributed by atoms with Gasteiger partial charge in [0.1, 0.15) is 5.52 Å². The van der Waals surface area contributed by atoms with Crippen molar-refractivity contribution in [3.05, 3.63) is 71.8 Å². The number of hydrogen-bond donors (Lipinski definition) is 2. The second-order valence-corrected chi connectivity index (χ2v) is 8.63. The first-order valence-electron chi connectivity index (χ1n) is 11.2. The van der Waals surface area contributed by atoms with E-state index in [-0.39, 0.29) is 0 Å². The van der Waals surface area contributed by atoms with Crippen molar-refractivity contribution >= 4 is 11.0 Å². The Morgan fingerprint density at radius 1 is 0.844 bits per heavy atom. The van der Waals surface area contributed by atoms with Gasteiger partial charge in [-0.3, -0.25) is 4.90 Å². The number of piperidine rings is 1. The van der Waals surface area contributed by atoms with E-state index in [9.17, 15) is 10.2 Å². The van der Waals surface area contributed by atoms with Crippen molar-refractivity contribution in [3.8, 4) is 22.3 Å². The fourth-order valence-electron chi connectivity index (χ4n) is 4.60. The molecular weight excluding hydrogens is 400 g/mol. The van der Waals surface area contributed by atoms with Gasteiger partial charge in [0, 0.05) is 19.2 Å². The molecule has 3 aromatic carbocycles. The Balaban J connectivity index is 1.42. The van der Waals surface area contributed by atoms with E-state index in [0.29, 0.717) is 11.1 Å². The first-order chi connectivity index (χ1) is 15.6. The molecule has 2 heterocycles. The molecule has 1 saturated heterocycles. The fourth-order valence-corrected chi connectivity index (χ4v) is 4.60. The van der Waals surface area contributed by atoms with Crippen LogP contribution in [0.4, 0.5) is 0 Å². The molecule has 0 bridgehead atoms. The molecule has 1 aliphatic rings. The minimum Gasteiger partial charge on any atom is -0.364 e. The van der Waals surface area contributed by atoms with Crippen LogP contribution in [-0.4, -0.2) is 43.2 Å². The Hall–Kier alpha value is -3.06. The van der Waals surface area contributed by atoms with Gasteiger partial charge >= 0.3 is 0 Å². The molecule has 32 heavy (non-hydrogen) atoms. The third-order valence-electron chi connectivity index (χ3n) is 6.36. The van der Waals surface area contributed by atoms with E-state index in [1.165, 1.54) is 49.0 Å². The van der Waals surface area contributed by atoms with Gasteiger partial charge in [0.25, 0.3) is 0 Å². The number of aliphatic hydroxyl groups is 2. The molecule has 0 saturated carbocycles. The topological polar surface area (TPSA) is 74.4 Å². The molecular formula is C26H28N4O2. The second-order valence-electron chi connectivity index (χ2n) is 8.63. The number of hydrogen-bond acceptors (Lipinski definition) is 5. The number of fused-ring (bicyclic) bond motifs is 1. The van der Waals surface area contributed by atoms with Gasteiger partial charge < -0.3 is 10.2 Å². The standard InChI is InChI=1S/C26H28N4O2/c1-29-24-16-22(15-23(26(31)32)25(24)27-28-29)20-10-8-19(9-11-20)21-7-5-6-18(14-21)17-30-12-3-2-4-13-30/h5-11,14-16,26,31-32H,2-4,12-13,17H2,1H3. The third kappa shape index (κ3) is 4.17. The molecule has 0 unspecified atom stereocenters. The van der Waals surface area contributed by atoms with Crippen LogP contribution in [0.3, 0.4) is 0 Å². The van der Waals surface area contributed by atoms with Gasteiger partial charge in [0.15, 0.2) is 6.29 Å². The van der Waals surface area contributed by atoms with Crippen LogP contribution in [0.5, 0.6) is 0 Å². The molecule has 1 fully saturated rings. The Bertz CT molecular complexity index is 1220. The number of likely N-dealkylation sites (tertiary alicyclic amines) is 1. The molecule has 6 heteroatoms. The summed E-state index contributed by atoms with van der Waals surface area (Å²) in [6, 6.07) is 20.9. The van der Waals surface area contributed by atoms with Crippen molar-refractivity contribution in [2.24, 2.45) is 7.05 Å². The van der Waals surface area contributed by atoms with Gasteiger partial charge in [-0.05, 0) is 71.9 Å². The molecule has 164 valence electrons. The van der Waals surface area contributed by atoms with Crippen molar-refractivity contribution in [2.45, 2.75) is 32.1 Å². The molecule has 5 rings (SSSR count). The van der Waals surface area contributed by atoms with Crippen LogP contribution in [0.25, 0.3) is 33.3 Å². The summed E-state index contributed by atoms with van der Waals surface area (Å²) in [6.07, 6.45) is 2.36. The largest absolute Gasteiger partial charge is 0.364 e. The van der Waals surface area contributed by atoms with E-state index in [0.717, 1.165) is 23.2 Å². The summed E-state index contributed by atoms with van der Waals surface area (Å²) in [5.74, 6) is 0. The number of benzene rings is 3. The number of aliphatic hydroxyl groups excluding tert-OH is 1. The summed E-state index contributed by atoms with van der Waals surface area (Å²) >= 11 is 0. The lowest BCUT2D eigenvalue weighted by atomic mass is 9.97. The highest BCUT2D eigenvalue weighted by Gasteiger charge is 2.16. The average molecular weight is 429 g/mol. The summed E-state index contributed by atoms with van der Waals surface area (Å²) in [5, 5.41) is 27.7. The highest BCUT2D eigenvalue weighted by molar-refractivity contribution is 5.85. The van der Waals surface area contributed by atoms with Crippen molar-refractivity contribution in [1.82, 2.24) is 19.9 Å². The first-order valence-corrected chi connectivity index (χ1v) is 11.2. The maximum absolute atomic E-state index is 9.81. The monoisotopic (exact) mass is 428 g/mol. The molecule has 1 aliphatic heterocycles. The van der Waals surface area contributed by atoms with Crippen molar-refractivity contribution in [1.29, 1.82) is 0 Å². The van der Waals surface area contributed by atoms with Crippen LogP contribution >= 0.6 is 0 Å². The zero-order valence-corrected chi connectivity index (χ0v) is 18.3. The second kappa shape index (κ2) is 8.82. The van der Waals surface area contributed by atoms with E-state index in [1.807, 2.05) is 6.07 Å². The van der Waals surface area contributed by atoms with Crippen molar-refractivity contribution in [3.63, 3.8) is 0 Å². The van der Waals surface area contributed by atoms with Gasteiger partial charge in [-0.1, -0.05) is 54.1 Å². The van der Waals surface area contributed by atoms with E-state index < -0.39 is 6.29 Å². The Kier molecular flexibility index (Phi) is 5.74. The lowest BCUT2D eigenvalue weighted by Gasteiger charge is -2.26. The molecule has 4 aromatic rings.